The fourth-order valence-electron chi connectivity index (χ4n) is 2.21. The Morgan fingerprint density at radius 2 is 1.95 bits per heavy atom. The molecule has 2 rings (SSSR count). The highest BCUT2D eigenvalue weighted by Gasteiger charge is 2.13. The van der Waals surface area contributed by atoms with Gasteiger partial charge in [0.2, 0.25) is 0 Å². The molecule has 1 N–H and O–H groups in total. The molecule has 0 aliphatic heterocycles. The lowest BCUT2D eigenvalue weighted by atomic mass is 10.1. The van der Waals surface area contributed by atoms with Crippen molar-refractivity contribution in [2.75, 3.05) is 13.1 Å². The van der Waals surface area contributed by atoms with Crippen molar-refractivity contribution < 1.29 is 18.3 Å². The van der Waals surface area contributed by atoms with E-state index in [-0.39, 0.29) is 5.56 Å². The Morgan fingerprint density at radius 1 is 1.24 bits per heavy atom. The first-order valence-corrected chi connectivity index (χ1v) is 6.97. The molecule has 1 unspecified atom stereocenters. The number of hydrogen-bond donors (Lipinski definition) is 1. The number of furan rings is 1. The van der Waals surface area contributed by atoms with E-state index in [4.69, 9.17) is 4.42 Å². The molecule has 1 aromatic heterocycles. The van der Waals surface area contributed by atoms with Gasteiger partial charge in [-0.3, -0.25) is 4.90 Å². The largest absolute Gasteiger partial charge is 0.468 e. The van der Waals surface area contributed by atoms with Crippen LogP contribution >= 0.6 is 0 Å². The van der Waals surface area contributed by atoms with Gasteiger partial charge in [-0.05, 0) is 42.8 Å². The van der Waals surface area contributed by atoms with Crippen LogP contribution in [0.15, 0.2) is 41.0 Å². The topological polar surface area (TPSA) is 36.6 Å². The molecular weight excluding hydrogens is 276 g/mol. The quantitative estimate of drug-likeness (QED) is 0.849. The van der Waals surface area contributed by atoms with Crippen LogP contribution in [0.5, 0.6) is 0 Å². The van der Waals surface area contributed by atoms with Crippen molar-refractivity contribution >= 4 is 0 Å². The zero-order valence-electron chi connectivity index (χ0n) is 11.9. The average Bonchev–Trinajstić information content (AvgIpc) is 2.94. The average molecular weight is 295 g/mol. The van der Waals surface area contributed by atoms with Crippen LogP contribution in [0.1, 0.15) is 30.8 Å². The Balaban J connectivity index is 1.91. The first-order valence-electron chi connectivity index (χ1n) is 6.97. The SMILES string of the molecule is CCN(CCC(O)c1cc(F)cc(F)c1)Cc1ccco1. The summed E-state index contributed by atoms with van der Waals surface area (Å²) in [6, 6.07) is 6.84. The number of nitrogens with zero attached hydrogens (tertiary/aromatic N) is 1. The number of hydrogen-bond acceptors (Lipinski definition) is 3. The summed E-state index contributed by atoms with van der Waals surface area (Å²) in [5.74, 6) is -0.498. The van der Waals surface area contributed by atoms with Crippen LogP contribution in [0.4, 0.5) is 8.78 Å². The van der Waals surface area contributed by atoms with E-state index in [1.807, 2.05) is 19.1 Å². The van der Waals surface area contributed by atoms with Crippen LogP contribution in [0.2, 0.25) is 0 Å². The molecule has 0 amide bonds. The van der Waals surface area contributed by atoms with Gasteiger partial charge in [0.1, 0.15) is 17.4 Å². The summed E-state index contributed by atoms with van der Waals surface area (Å²) in [5, 5.41) is 10.1. The van der Waals surface area contributed by atoms with Crippen molar-refractivity contribution in [3.8, 4) is 0 Å². The van der Waals surface area contributed by atoms with Crippen molar-refractivity contribution in [3.05, 3.63) is 59.6 Å². The molecule has 1 heterocycles. The van der Waals surface area contributed by atoms with Crippen molar-refractivity contribution in [2.45, 2.75) is 26.0 Å². The fourth-order valence-corrected chi connectivity index (χ4v) is 2.21. The third-order valence-corrected chi connectivity index (χ3v) is 3.40. The van der Waals surface area contributed by atoms with Crippen LogP contribution in [0.3, 0.4) is 0 Å². The van der Waals surface area contributed by atoms with Crippen LogP contribution in [-0.4, -0.2) is 23.1 Å². The Labute approximate surface area is 122 Å². The molecule has 0 radical (unpaired) electrons. The summed E-state index contributed by atoms with van der Waals surface area (Å²) in [5.41, 5.74) is 0.265. The van der Waals surface area contributed by atoms with E-state index >= 15 is 0 Å². The zero-order valence-corrected chi connectivity index (χ0v) is 11.9. The van der Waals surface area contributed by atoms with E-state index in [1.54, 1.807) is 6.26 Å². The lowest BCUT2D eigenvalue weighted by molar-refractivity contribution is 0.138. The van der Waals surface area contributed by atoms with Gasteiger partial charge in [0.25, 0.3) is 0 Å². The predicted octanol–water partition coefficient (Wildman–Crippen LogP) is 3.50. The molecule has 1 atom stereocenters. The maximum absolute atomic E-state index is 13.1. The second-order valence-electron chi connectivity index (χ2n) is 4.96. The van der Waals surface area contributed by atoms with Gasteiger partial charge in [0.05, 0.1) is 18.9 Å². The van der Waals surface area contributed by atoms with Crippen molar-refractivity contribution in [1.29, 1.82) is 0 Å². The van der Waals surface area contributed by atoms with Crippen molar-refractivity contribution in [3.63, 3.8) is 0 Å². The molecule has 21 heavy (non-hydrogen) atoms. The number of halogens is 2. The summed E-state index contributed by atoms with van der Waals surface area (Å²) in [6.45, 7) is 4.06. The number of aliphatic hydroxyl groups is 1. The Hall–Kier alpha value is -1.72. The molecule has 0 saturated heterocycles. The fraction of sp³-hybridized carbons (Fsp3) is 0.375. The van der Waals surface area contributed by atoms with Gasteiger partial charge >= 0.3 is 0 Å². The lowest BCUT2D eigenvalue weighted by Crippen LogP contribution is -2.25. The minimum absolute atomic E-state index is 0.265. The summed E-state index contributed by atoms with van der Waals surface area (Å²) in [4.78, 5) is 2.09. The number of rotatable bonds is 7. The first-order chi connectivity index (χ1) is 10.1. The molecule has 0 saturated carbocycles. The van der Waals surface area contributed by atoms with Gasteiger partial charge < -0.3 is 9.52 Å². The standard InChI is InChI=1S/C16H19F2NO2/c1-2-19(11-15-4-3-7-21-15)6-5-16(20)12-8-13(17)10-14(18)9-12/h3-4,7-10,16,20H,2,5-6,11H2,1H3. The van der Waals surface area contributed by atoms with Crippen LogP contribution < -0.4 is 0 Å². The molecule has 5 heteroatoms. The van der Waals surface area contributed by atoms with Crippen LogP contribution in [0.25, 0.3) is 0 Å². The van der Waals surface area contributed by atoms with E-state index in [2.05, 4.69) is 4.90 Å². The first kappa shape index (κ1) is 15.7. The summed E-state index contributed by atoms with van der Waals surface area (Å²) < 4.78 is 31.5. The minimum Gasteiger partial charge on any atom is -0.468 e. The molecule has 0 aliphatic rings. The molecule has 0 fully saturated rings. The predicted molar refractivity (Wildman–Crippen MR) is 75.6 cm³/mol. The maximum Gasteiger partial charge on any atom is 0.126 e. The smallest absolute Gasteiger partial charge is 0.126 e. The molecule has 0 aliphatic carbocycles. The van der Waals surface area contributed by atoms with E-state index in [1.165, 1.54) is 0 Å². The van der Waals surface area contributed by atoms with Gasteiger partial charge in [0.15, 0.2) is 0 Å². The third kappa shape index (κ3) is 4.65. The zero-order chi connectivity index (χ0) is 15.2. The second kappa shape index (κ2) is 7.33. The van der Waals surface area contributed by atoms with Gasteiger partial charge in [0, 0.05) is 12.6 Å². The molecule has 0 bridgehead atoms. The Kier molecular flexibility index (Phi) is 5.47. The van der Waals surface area contributed by atoms with E-state index in [0.717, 1.165) is 30.5 Å². The minimum atomic E-state index is -0.888. The lowest BCUT2D eigenvalue weighted by Gasteiger charge is -2.21. The van der Waals surface area contributed by atoms with Crippen LogP contribution in [0, 0.1) is 11.6 Å². The van der Waals surface area contributed by atoms with E-state index in [9.17, 15) is 13.9 Å². The van der Waals surface area contributed by atoms with Crippen molar-refractivity contribution in [1.82, 2.24) is 4.90 Å². The molecule has 0 spiro atoms. The maximum atomic E-state index is 13.1. The number of aliphatic hydroxyl groups excluding tert-OH is 1. The van der Waals surface area contributed by atoms with Gasteiger partial charge in [-0.15, -0.1) is 0 Å². The van der Waals surface area contributed by atoms with E-state index < -0.39 is 17.7 Å². The molecule has 1 aromatic carbocycles. The molecule has 2 aromatic rings. The van der Waals surface area contributed by atoms with Gasteiger partial charge in [-0.1, -0.05) is 6.92 Å². The third-order valence-electron chi connectivity index (χ3n) is 3.40. The molecular formula is C16H19F2NO2. The summed E-state index contributed by atoms with van der Waals surface area (Å²) in [7, 11) is 0. The van der Waals surface area contributed by atoms with Crippen LogP contribution in [-0.2, 0) is 6.54 Å². The van der Waals surface area contributed by atoms with Crippen molar-refractivity contribution in [2.24, 2.45) is 0 Å². The normalized spacial score (nSPS) is 12.8. The second-order valence-corrected chi connectivity index (χ2v) is 4.96. The monoisotopic (exact) mass is 295 g/mol. The summed E-state index contributed by atoms with van der Waals surface area (Å²) >= 11 is 0. The highest BCUT2D eigenvalue weighted by molar-refractivity contribution is 5.20. The van der Waals surface area contributed by atoms with E-state index in [0.29, 0.717) is 19.5 Å². The number of benzene rings is 1. The Morgan fingerprint density at radius 3 is 2.52 bits per heavy atom. The molecule has 3 nitrogen and oxygen atoms in total. The van der Waals surface area contributed by atoms with Gasteiger partial charge in [-0.25, -0.2) is 8.78 Å². The summed E-state index contributed by atoms with van der Waals surface area (Å²) in [6.07, 6.45) is 1.13. The van der Waals surface area contributed by atoms with Gasteiger partial charge in [-0.2, -0.15) is 0 Å². The highest BCUT2D eigenvalue weighted by atomic mass is 19.1. The molecule has 114 valence electrons. The highest BCUT2D eigenvalue weighted by Crippen LogP contribution is 2.20. The Bertz CT molecular complexity index is 537.